The van der Waals surface area contributed by atoms with E-state index in [0.717, 1.165) is 12.0 Å². The van der Waals surface area contributed by atoms with Gasteiger partial charge in [-0.25, -0.2) is 13.1 Å². The van der Waals surface area contributed by atoms with Crippen molar-refractivity contribution in [2.75, 3.05) is 20.3 Å². The van der Waals surface area contributed by atoms with Crippen LogP contribution in [0.15, 0.2) is 41.3 Å². The highest BCUT2D eigenvalue weighted by Gasteiger charge is 2.19. The number of fused-ring (bicyclic) bond motifs is 1. The van der Waals surface area contributed by atoms with Crippen LogP contribution in [0.3, 0.4) is 0 Å². The van der Waals surface area contributed by atoms with Crippen molar-refractivity contribution >= 4 is 15.9 Å². The summed E-state index contributed by atoms with van der Waals surface area (Å²) in [5.74, 6) is 1.01. The summed E-state index contributed by atoms with van der Waals surface area (Å²) in [5.41, 5.74) is 1.88. The van der Waals surface area contributed by atoms with Crippen molar-refractivity contribution < 1.29 is 22.7 Å². The Balaban J connectivity index is 1.81. The first kappa shape index (κ1) is 20.2. The molecule has 1 heterocycles. The normalized spacial score (nSPS) is 14.8. The van der Waals surface area contributed by atoms with Crippen molar-refractivity contribution in [3.05, 3.63) is 53.1 Å². The molecule has 1 aliphatic heterocycles. The van der Waals surface area contributed by atoms with Gasteiger partial charge in [0.25, 0.3) is 5.91 Å². The summed E-state index contributed by atoms with van der Waals surface area (Å²) in [7, 11) is -2.29. The van der Waals surface area contributed by atoms with Gasteiger partial charge in [-0.05, 0) is 56.3 Å². The SMILES string of the molecule is CNS(=O)(=O)c1ccc(C)c(C(=O)NC(C)c2ccc3c(c2)OCCCO3)c1. The Morgan fingerprint density at radius 2 is 1.79 bits per heavy atom. The molecular formula is C20H24N2O5S. The number of hydrogen-bond donors (Lipinski definition) is 2. The second kappa shape index (κ2) is 8.20. The second-order valence-corrected chi connectivity index (χ2v) is 8.52. The van der Waals surface area contributed by atoms with Gasteiger partial charge in [0.1, 0.15) is 0 Å². The first-order valence-electron chi connectivity index (χ1n) is 9.06. The highest BCUT2D eigenvalue weighted by atomic mass is 32.2. The molecule has 1 aliphatic rings. The fraction of sp³-hybridized carbons (Fsp3) is 0.350. The van der Waals surface area contributed by atoms with Gasteiger partial charge < -0.3 is 14.8 Å². The summed E-state index contributed by atoms with van der Waals surface area (Å²) >= 11 is 0. The van der Waals surface area contributed by atoms with Crippen LogP contribution < -0.4 is 19.5 Å². The monoisotopic (exact) mass is 404 g/mol. The Morgan fingerprint density at radius 3 is 2.50 bits per heavy atom. The number of carbonyl (C=O) groups excluding carboxylic acids is 1. The Bertz CT molecular complexity index is 988. The number of rotatable bonds is 5. The molecule has 1 atom stereocenters. The number of carbonyl (C=O) groups is 1. The first-order valence-corrected chi connectivity index (χ1v) is 10.5. The lowest BCUT2D eigenvalue weighted by molar-refractivity contribution is 0.0939. The maximum absolute atomic E-state index is 12.8. The van der Waals surface area contributed by atoms with E-state index in [1.165, 1.54) is 19.2 Å². The van der Waals surface area contributed by atoms with Crippen molar-refractivity contribution in [2.45, 2.75) is 31.2 Å². The van der Waals surface area contributed by atoms with Crippen molar-refractivity contribution in [3.8, 4) is 11.5 Å². The predicted molar refractivity (Wildman–Crippen MR) is 105 cm³/mol. The number of benzene rings is 2. The highest BCUT2D eigenvalue weighted by Crippen LogP contribution is 2.32. The molecule has 0 aromatic heterocycles. The van der Waals surface area contributed by atoms with Gasteiger partial charge in [-0.15, -0.1) is 0 Å². The van der Waals surface area contributed by atoms with Gasteiger partial charge in [0, 0.05) is 12.0 Å². The topological polar surface area (TPSA) is 93.7 Å². The lowest BCUT2D eigenvalue weighted by Crippen LogP contribution is -2.28. The third kappa shape index (κ3) is 4.28. The van der Waals surface area contributed by atoms with Crippen LogP contribution in [-0.4, -0.2) is 34.6 Å². The zero-order valence-corrected chi connectivity index (χ0v) is 16.9. The third-order valence-corrected chi connectivity index (χ3v) is 6.06. The summed E-state index contributed by atoms with van der Waals surface area (Å²) in [6.07, 6.45) is 0.821. The van der Waals surface area contributed by atoms with Gasteiger partial charge in [0.2, 0.25) is 10.0 Å². The molecule has 2 N–H and O–H groups in total. The van der Waals surface area contributed by atoms with Gasteiger partial charge in [0.15, 0.2) is 11.5 Å². The Kier molecular flexibility index (Phi) is 5.90. The van der Waals surface area contributed by atoms with Crippen molar-refractivity contribution in [2.24, 2.45) is 0 Å². The summed E-state index contributed by atoms with van der Waals surface area (Å²) in [6.45, 7) is 4.83. The zero-order valence-electron chi connectivity index (χ0n) is 16.1. The van der Waals surface area contributed by atoms with E-state index in [1.54, 1.807) is 13.0 Å². The molecule has 0 bridgehead atoms. The molecule has 0 radical (unpaired) electrons. The molecule has 1 unspecified atom stereocenters. The Hall–Kier alpha value is -2.58. The molecule has 0 fully saturated rings. The van der Waals surface area contributed by atoms with E-state index in [9.17, 15) is 13.2 Å². The smallest absolute Gasteiger partial charge is 0.252 e. The van der Waals surface area contributed by atoms with Crippen molar-refractivity contribution in [1.29, 1.82) is 0 Å². The molecule has 2 aromatic rings. The maximum Gasteiger partial charge on any atom is 0.252 e. The fourth-order valence-electron chi connectivity index (χ4n) is 2.94. The summed E-state index contributed by atoms with van der Waals surface area (Å²) in [6, 6.07) is 9.77. The van der Waals surface area contributed by atoms with Crippen LogP contribution in [0.5, 0.6) is 11.5 Å². The molecule has 1 amide bonds. The standard InChI is InChI=1S/C20H24N2O5S/c1-13-5-7-16(28(24,25)21-3)12-17(13)20(23)22-14(2)15-6-8-18-19(11-15)27-10-4-9-26-18/h5-8,11-12,14,21H,4,9-10H2,1-3H3,(H,22,23). The van der Waals surface area contributed by atoms with Gasteiger partial charge in [-0.2, -0.15) is 0 Å². The Labute approximate surface area is 165 Å². The largest absolute Gasteiger partial charge is 0.490 e. The molecule has 3 rings (SSSR count). The molecule has 150 valence electrons. The van der Waals surface area contributed by atoms with Gasteiger partial charge >= 0.3 is 0 Å². The number of aryl methyl sites for hydroxylation is 1. The minimum absolute atomic E-state index is 0.0500. The number of hydrogen-bond acceptors (Lipinski definition) is 5. The summed E-state index contributed by atoms with van der Waals surface area (Å²) < 4.78 is 37.6. The molecule has 0 saturated heterocycles. The van der Waals surface area contributed by atoms with E-state index < -0.39 is 10.0 Å². The molecule has 0 aliphatic carbocycles. The molecule has 28 heavy (non-hydrogen) atoms. The minimum Gasteiger partial charge on any atom is -0.490 e. The zero-order chi connectivity index (χ0) is 20.3. The van der Waals surface area contributed by atoms with Gasteiger partial charge in [-0.1, -0.05) is 12.1 Å². The van der Waals surface area contributed by atoms with E-state index >= 15 is 0 Å². The molecule has 8 heteroatoms. The third-order valence-electron chi connectivity index (χ3n) is 4.65. The molecule has 2 aromatic carbocycles. The Morgan fingerprint density at radius 1 is 1.07 bits per heavy atom. The van der Waals surface area contributed by atoms with Crippen molar-refractivity contribution in [3.63, 3.8) is 0 Å². The van der Waals surface area contributed by atoms with E-state index in [-0.39, 0.29) is 16.8 Å². The average molecular weight is 404 g/mol. The van der Waals surface area contributed by atoms with Gasteiger partial charge in [-0.3, -0.25) is 4.79 Å². The van der Waals surface area contributed by atoms with E-state index in [0.29, 0.717) is 35.8 Å². The van der Waals surface area contributed by atoms with Crippen LogP contribution >= 0.6 is 0 Å². The fourth-order valence-corrected chi connectivity index (χ4v) is 3.69. The van der Waals surface area contributed by atoms with Crippen LogP contribution in [0.25, 0.3) is 0 Å². The molecule has 0 saturated carbocycles. The van der Waals surface area contributed by atoms with Crippen LogP contribution in [-0.2, 0) is 10.0 Å². The van der Waals surface area contributed by atoms with Crippen LogP contribution in [0.1, 0.15) is 40.9 Å². The first-order chi connectivity index (χ1) is 13.3. The van der Waals surface area contributed by atoms with Gasteiger partial charge in [0.05, 0.1) is 24.2 Å². The molecular weight excluding hydrogens is 380 g/mol. The second-order valence-electron chi connectivity index (χ2n) is 6.64. The molecule has 7 nitrogen and oxygen atoms in total. The molecule has 0 spiro atoms. The van der Waals surface area contributed by atoms with E-state index in [4.69, 9.17) is 9.47 Å². The van der Waals surface area contributed by atoms with E-state index in [2.05, 4.69) is 10.0 Å². The predicted octanol–water partition coefficient (Wildman–Crippen LogP) is 2.56. The van der Waals surface area contributed by atoms with Crippen LogP contribution in [0, 0.1) is 6.92 Å². The number of nitrogens with one attached hydrogen (secondary N) is 2. The van der Waals surface area contributed by atoms with Crippen molar-refractivity contribution in [1.82, 2.24) is 10.0 Å². The summed E-state index contributed by atoms with van der Waals surface area (Å²) in [4.78, 5) is 12.8. The van der Waals surface area contributed by atoms with Crippen LogP contribution in [0.2, 0.25) is 0 Å². The van der Waals surface area contributed by atoms with Crippen LogP contribution in [0.4, 0.5) is 0 Å². The average Bonchev–Trinajstić information content (AvgIpc) is 2.92. The quantitative estimate of drug-likeness (QED) is 0.799. The summed E-state index contributed by atoms with van der Waals surface area (Å²) in [5, 5.41) is 2.92. The number of sulfonamides is 1. The highest BCUT2D eigenvalue weighted by molar-refractivity contribution is 7.89. The number of ether oxygens (including phenoxy) is 2. The van der Waals surface area contributed by atoms with E-state index in [1.807, 2.05) is 25.1 Å². The minimum atomic E-state index is -3.63. The lowest BCUT2D eigenvalue weighted by Gasteiger charge is -2.17. The maximum atomic E-state index is 12.8. The lowest BCUT2D eigenvalue weighted by atomic mass is 10.1. The number of amides is 1.